The van der Waals surface area contributed by atoms with E-state index in [1.165, 1.54) is 0 Å². The fourth-order valence-electron chi connectivity index (χ4n) is 3.66. The van der Waals surface area contributed by atoms with E-state index >= 15 is 0 Å². The number of rotatable bonds is 24. The molecule has 0 aliphatic carbocycles. The molecule has 0 atom stereocenters. The summed E-state index contributed by atoms with van der Waals surface area (Å²) in [6, 6.07) is 8.46. The molecule has 0 radical (unpaired) electrons. The van der Waals surface area contributed by atoms with Crippen LogP contribution in [0.4, 0.5) is 0 Å². The summed E-state index contributed by atoms with van der Waals surface area (Å²) in [6.07, 6.45) is 4.19. The molecule has 3 amide bonds. The van der Waals surface area contributed by atoms with Crippen molar-refractivity contribution in [3.8, 4) is 0 Å². The minimum atomic E-state index is -0.815. The molecule has 0 aliphatic rings. The Labute approximate surface area is 236 Å². The molecule has 1 aromatic rings. The topological polar surface area (TPSA) is 187 Å². The molecule has 0 aromatic heterocycles. The van der Waals surface area contributed by atoms with Gasteiger partial charge in [-0.3, -0.25) is 14.4 Å². The van der Waals surface area contributed by atoms with E-state index in [9.17, 15) is 14.4 Å². The molecule has 0 heterocycles. The molecule has 0 saturated carbocycles. The van der Waals surface area contributed by atoms with Crippen LogP contribution in [0.25, 0.3) is 0 Å². The maximum absolute atomic E-state index is 12.3. The lowest BCUT2D eigenvalue weighted by atomic mass is 10.1. The first-order valence-corrected chi connectivity index (χ1v) is 14.0. The largest absolute Gasteiger partial charge is 0.394 e. The van der Waals surface area contributed by atoms with Crippen molar-refractivity contribution in [2.24, 2.45) is 0 Å². The summed E-state index contributed by atoms with van der Waals surface area (Å²) >= 11 is 0. The highest BCUT2D eigenvalue weighted by Crippen LogP contribution is 2.05. The average molecular weight is 570 g/mol. The first-order chi connectivity index (χ1) is 19.4. The van der Waals surface area contributed by atoms with Crippen LogP contribution in [-0.2, 0) is 19.1 Å². The van der Waals surface area contributed by atoms with Crippen LogP contribution in [0.3, 0.4) is 0 Å². The molecule has 0 spiro atoms. The Kier molecular flexibility index (Phi) is 20.5. The molecule has 12 nitrogen and oxygen atoms in total. The van der Waals surface area contributed by atoms with Crippen molar-refractivity contribution in [3.05, 3.63) is 35.9 Å². The van der Waals surface area contributed by atoms with Crippen LogP contribution < -0.4 is 16.0 Å². The molecule has 40 heavy (non-hydrogen) atoms. The second kappa shape index (κ2) is 23.1. The third-order valence-electron chi connectivity index (χ3n) is 6.07. The van der Waals surface area contributed by atoms with Crippen molar-refractivity contribution >= 4 is 17.7 Å². The van der Waals surface area contributed by atoms with Gasteiger partial charge >= 0.3 is 0 Å². The Bertz CT molecular complexity index is 789. The number of hydrogen-bond acceptors (Lipinski definition) is 9. The van der Waals surface area contributed by atoms with E-state index in [0.717, 1.165) is 38.5 Å². The maximum atomic E-state index is 12.3. The van der Waals surface area contributed by atoms with Gasteiger partial charge in [0.1, 0.15) is 12.2 Å². The summed E-state index contributed by atoms with van der Waals surface area (Å²) in [5, 5.41) is 45.0. The van der Waals surface area contributed by atoms with Crippen molar-refractivity contribution in [2.75, 3.05) is 52.7 Å². The van der Waals surface area contributed by atoms with E-state index in [-0.39, 0.29) is 37.9 Å². The van der Waals surface area contributed by atoms with Crippen LogP contribution in [0.15, 0.2) is 30.3 Å². The van der Waals surface area contributed by atoms with Crippen LogP contribution in [0.2, 0.25) is 0 Å². The van der Waals surface area contributed by atoms with Gasteiger partial charge in [-0.05, 0) is 25.0 Å². The second-order valence-electron chi connectivity index (χ2n) is 9.50. The average Bonchev–Trinajstić information content (AvgIpc) is 2.98. The van der Waals surface area contributed by atoms with Crippen LogP contribution >= 0.6 is 0 Å². The second-order valence-corrected chi connectivity index (χ2v) is 9.50. The summed E-state index contributed by atoms with van der Waals surface area (Å²) in [5.74, 6) is -0.684. The van der Waals surface area contributed by atoms with Crippen LogP contribution in [-0.4, -0.2) is 109 Å². The highest BCUT2D eigenvalue weighted by atomic mass is 16.5. The number of nitrogens with one attached hydrogen (secondary N) is 3. The van der Waals surface area contributed by atoms with E-state index in [1.807, 2.05) is 18.2 Å². The van der Waals surface area contributed by atoms with Crippen molar-refractivity contribution in [1.82, 2.24) is 16.0 Å². The highest BCUT2D eigenvalue weighted by Gasteiger charge is 2.18. The number of carbonyl (C=O) groups is 3. The fourth-order valence-corrected chi connectivity index (χ4v) is 3.66. The molecule has 0 fully saturated rings. The smallest absolute Gasteiger partial charge is 0.251 e. The third kappa shape index (κ3) is 17.2. The zero-order valence-corrected chi connectivity index (χ0v) is 23.3. The van der Waals surface area contributed by atoms with Gasteiger partial charge in [-0.15, -0.1) is 0 Å². The van der Waals surface area contributed by atoms with E-state index in [0.29, 0.717) is 18.7 Å². The van der Waals surface area contributed by atoms with Gasteiger partial charge in [0.05, 0.1) is 45.7 Å². The van der Waals surface area contributed by atoms with Crippen molar-refractivity contribution in [1.29, 1.82) is 0 Å². The number of aliphatic hydroxyl groups is 4. The Balaban J connectivity index is 2.13. The summed E-state index contributed by atoms with van der Waals surface area (Å²) in [4.78, 5) is 36.4. The van der Waals surface area contributed by atoms with Crippen molar-refractivity contribution < 1.29 is 44.3 Å². The molecule has 0 aliphatic heterocycles. The standard InChI is InChI=1S/C28H47N3O9/c32-16-24(17-33)39-20-23(21-40-25(18-34)19-35)31-27(37)13-12-26(36)29-14-8-3-1-2-4-9-15-30-28(38)22-10-6-5-7-11-22/h5-7,10-11,23-25,32-35H,1-4,8-9,12-21H2,(H,29,36)(H,30,38)(H,31,37). The summed E-state index contributed by atoms with van der Waals surface area (Å²) in [6.45, 7) is -0.565. The van der Waals surface area contributed by atoms with Gasteiger partial charge < -0.3 is 45.9 Å². The maximum Gasteiger partial charge on any atom is 0.251 e. The van der Waals surface area contributed by atoms with Crippen molar-refractivity contribution in [3.63, 3.8) is 0 Å². The molecule has 7 N–H and O–H groups in total. The molecule has 228 valence electrons. The molecule has 1 rings (SSSR count). The molecule has 0 saturated heterocycles. The SMILES string of the molecule is O=C(CCC(=O)NC(COC(CO)CO)COC(CO)CO)NCCCCCCCCNC(=O)c1ccccc1. The lowest BCUT2D eigenvalue weighted by Gasteiger charge is -2.23. The normalized spacial score (nSPS) is 11.3. The molecule has 0 bridgehead atoms. The van der Waals surface area contributed by atoms with E-state index in [4.69, 9.17) is 29.9 Å². The summed E-state index contributed by atoms with van der Waals surface area (Å²) in [7, 11) is 0. The Morgan fingerprint density at radius 1 is 0.650 bits per heavy atom. The van der Waals surface area contributed by atoms with Gasteiger partial charge in [0.25, 0.3) is 5.91 Å². The molecular formula is C28H47N3O9. The zero-order chi connectivity index (χ0) is 29.4. The molecule has 1 aromatic carbocycles. The monoisotopic (exact) mass is 569 g/mol. The molecular weight excluding hydrogens is 522 g/mol. The summed E-state index contributed by atoms with van der Waals surface area (Å²) in [5.41, 5.74) is 0.663. The number of ether oxygens (including phenoxy) is 2. The predicted octanol–water partition coefficient (Wildman–Crippen LogP) is -0.122. The van der Waals surface area contributed by atoms with Gasteiger partial charge in [-0.2, -0.15) is 0 Å². The molecule has 0 unspecified atom stereocenters. The minimum Gasteiger partial charge on any atom is -0.394 e. The lowest BCUT2D eigenvalue weighted by Crippen LogP contribution is -2.44. The van der Waals surface area contributed by atoms with Gasteiger partial charge in [0, 0.05) is 31.5 Å². The highest BCUT2D eigenvalue weighted by molar-refractivity contribution is 5.94. The zero-order valence-electron chi connectivity index (χ0n) is 23.3. The van der Waals surface area contributed by atoms with Crippen molar-refractivity contribution in [2.45, 2.75) is 69.6 Å². The Morgan fingerprint density at radius 2 is 1.12 bits per heavy atom. The third-order valence-corrected chi connectivity index (χ3v) is 6.07. The first kappa shape index (κ1) is 35.4. The number of benzene rings is 1. The predicted molar refractivity (Wildman–Crippen MR) is 148 cm³/mol. The van der Waals surface area contributed by atoms with E-state index < -0.39 is 50.6 Å². The van der Waals surface area contributed by atoms with E-state index in [2.05, 4.69) is 16.0 Å². The molecule has 12 heteroatoms. The Hall–Kier alpha value is -2.61. The van der Waals surface area contributed by atoms with Gasteiger partial charge in [0.2, 0.25) is 11.8 Å². The van der Waals surface area contributed by atoms with Crippen LogP contribution in [0, 0.1) is 0 Å². The van der Waals surface area contributed by atoms with Crippen LogP contribution in [0.5, 0.6) is 0 Å². The lowest BCUT2D eigenvalue weighted by molar-refractivity contribution is -0.128. The van der Waals surface area contributed by atoms with Crippen LogP contribution in [0.1, 0.15) is 61.7 Å². The Morgan fingerprint density at radius 3 is 1.65 bits per heavy atom. The summed E-state index contributed by atoms with van der Waals surface area (Å²) < 4.78 is 10.7. The number of amides is 3. The quantitative estimate of drug-likeness (QED) is 0.0833. The first-order valence-electron chi connectivity index (χ1n) is 14.0. The number of unbranched alkanes of at least 4 members (excludes halogenated alkanes) is 5. The number of carbonyl (C=O) groups excluding carboxylic acids is 3. The number of hydrogen-bond donors (Lipinski definition) is 7. The number of aliphatic hydroxyl groups excluding tert-OH is 4. The van der Waals surface area contributed by atoms with Gasteiger partial charge in [0.15, 0.2) is 0 Å². The van der Waals surface area contributed by atoms with E-state index in [1.54, 1.807) is 12.1 Å². The van der Waals surface area contributed by atoms with Gasteiger partial charge in [-0.1, -0.05) is 43.9 Å². The minimum absolute atomic E-state index is 0.0147. The van der Waals surface area contributed by atoms with Gasteiger partial charge in [-0.25, -0.2) is 0 Å². The fraction of sp³-hybridized carbons (Fsp3) is 0.679.